The van der Waals surface area contributed by atoms with E-state index in [4.69, 9.17) is 15.1 Å². The highest BCUT2D eigenvalue weighted by Gasteiger charge is 2.04. The first-order valence-electron chi connectivity index (χ1n) is 5.25. The molecule has 0 unspecified atom stereocenters. The average Bonchev–Trinajstić information content (AvgIpc) is 2.38. The number of carbonyl (C=O) groups excluding carboxylic acids is 1. The molecular formula is C12H14N2O3. The summed E-state index contributed by atoms with van der Waals surface area (Å²) in [6.07, 6.45) is 0. The number of aliphatic hydroxyl groups excluding tert-OH is 1. The Kier molecular flexibility index (Phi) is 5.72. The number of rotatable bonds is 6. The zero-order valence-electron chi connectivity index (χ0n) is 9.35. The summed E-state index contributed by atoms with van der Waals surface area (Å²) >= 11 is 0. The van der Waals surface area contributed by atoms with Crippen molar-refractivity contribution in [2.45, 2.75) is 0 Å². The lowest BCUT2D eigenvalue weighted by Gasteiger charge is -2.05. The second-order valence-electron chi connectivity index (χ2n) is 3.28. The molecule has 0 spiro atoms. The number of nitriles is 1. The Balaban J connectivity index is 2.39. The molecule has 0 heterocycles. The highest BCUT2D eigenvalue weighted by atomic mass is 16.5. The van der Waals surface area contributed by atoms with Gasteiger partial charge in [0.25, 0.3) is 5.91 Å². The van der Waals surface area contributed by atoms with E-state index in [-0.39, 0.29) is 19.1 Å². The van der Waals surface area contributed by atoms with E-state index in [1.54, 1.807) is 18.2 Å². The molecule has 0 saturated carbocycles. The van der Waals surface area contributed by atoms with Crippen LogP contribution in [0.25, 0.3) is 0 Å². The summed E-state index contributed by atoms with van der Waals surface area (Å²) in [5.74, 6) is -0.241. The standard InChI is InChI=1S/C12H14N2O3/c13-9-10-2-1-3-11(8-10)12(16)14-4-6-17-7-5-15/h1-3,8,15H,4-7H2,(H,14,16). The van der Waals surface area contributed by atoms with Gasteiger partial charge in [-0.15, -0.1) is 0 Å². The van der Waals surface area contributed by atoms with Crippen LogP contribution in [-0.4, -0.2) is 37.4 Å². The van der Waals surface area contributed by atoms with Crippen LogP contribution in [0.3, 0.4) is 0 Å². The molecule has 1 aromatic rings. The number of aliphatic hydroxyl groups is 1. The summed E-state index contributed by atoms with van der Waals surface area (Å²) in [6.45, 7) is 0.956. The number of nitrogens with one attached hydrogen (secondary N) is 1. The van der Waals surface area contributed by atoms with Gasteiger partial charge in [-0.05, 0) is 18.2 Å². The van der Waals surface area contributed by atoms with Gasteiger partial charge in [-0.3, -0.25) is 4.79 Å². The number of nitrogens with zero attached hydrogens (tertiary/aromatic N) is 1. The molecule has 17 heavy (non-hydrogen) atoms. The third-order valence-corrected chi connectivity index (χ3v) is 2.02. The molecule has 0 aromatic heterocycles. The molecule has 0 fully saturated rings. The molecule has 0 aliphatic carbocycles. The van der Waals surface area contributed by atoms with Crippen LogP contribution in [0, 0.1) is 11.3 Å². The topological polar surface area (TPSA) is 82.4 Å². The summed E-state index contributed by atoms with van der Waals surface area (Å²) in [5.41, 5.74) is 0.903. The van der Waals surface area contributed by atoms with E-state index < -0.39 is 0 Å². The number of hydrogen-bond donors (Lipinski definition) is 2. The number of amides is 1. The highest BCUT2D eigenvalue weighted by Crippen LogP contribution is 2.03. The van der Waals surface area contributed by atoms with E-state index in [0.717, 1.165) is 0 Å². The molecule has 0 bridgehead atoms. The minimum Gasteiger partial charge on any atom is -0.394 e. The number of ether oxygens (including phenoxy) is 1. The minimum absolute atomic E-state index is 0.0296. The van der Waals surface area contributed by atoms with Crippen molar-refractivity contribution in [3.8, 4) is 6.07 Å². The summed E-state index contributed by atoms with van der Waals surface area (Å²) < 4.78 is 5.00. The zero-order valence-corrected chi connectivity index (χ0v) is 9.35. The van der Waals surface area contributed by atoms with Crippen molar-refractivity contribution in [2.75, 3.05) is 26.4 Å². The quantitative estimate of drug-likeness (QED) is 0.693. The van der Waals surface area contributed by atoms with E-state index in [1.165, 1.54) is 6.07 Å². The summed E-state index contributed by atoms with van der Waals surface area (Å²) in [7, 11) is 0. The Morgan fingerprint density at radius 1 is 1.47 bits per heavy atom. The number of carbonyl (C=O) groups is 1. The first kappa shape index (κ1) is 13.2. The van der Waals surface area contributed by atoms with Gasteiger partial charge in [0.1, 0.15) is 0 Å². The molecule has 90 valence electrons. The number of benzene rings is 1. The summed E-state index contributed by atoms with van der Waals surface area (Å²) in [5, 5.41) is 19.8. The normalized spacial score (nSPS) is 9.65. The van der Waals surface area contributed by atoms with Gasteiger partial charge in [0.05, 0.1) is 31.5 Å². The molecule has 0 atom stereocenters. The smallest absolute Gasteiger partial charge is 0.251 e. The molecule has 1 aromatic carbocycles. The fourth-order valence-corrected chi connectivity index (χ4v) is 1.24. The number of hydrogen-bond acceptors (Lipinski definition) is 4. The fourth-order valence-electron chi connectivity index (χ4n) is 1.24. The van der Waals surface area contributed by atoms with Crippen LogP contribution in [0.5, 0.6) is 0 Å². The Hall–Kier alpha value is -1.90. The van der Waals surface area contributed by atoms with Crippen molar-refractivity contribution >= 4 is 5.91 Å². The van der Waals surface area contributed by atoms with Gasteiger partial charge in [-0.2, -0.15) is 5.26 Å². The predicted molar refractivity (Wildman–Crippen MR) is 61.4 cm³/mol. The molecule has 1 rings (SSSR count). The van der Waals surface area contributed by atoms with E-state index >= 15 is 0 Å². The second kappa shape index (κ2) is 7.39. The first-order valence-corrected chi connectivity index (χ1v) is 5.25. The Bertz CT molecular complexity index is 412. The van der Waals surface area contributed by atoms with Gasteiger partial charge in [-0.1, -0.05) is 6.07 Å². The fraction of sp³-hybridized carbons (Fsp3) is 0.333. The molecule has 0 aliphatic rings. The van der Waals surface area contributed by atoms with Crippen LogP contribution in [0.15, 0.2) is 24.3 Å². The first-order chi connectivity index (χ1) is 8.27. The molecule has 5 heteroatoms. The predicted octanol–water partition coefficient (Wildman–Crippen LogP) is 0.297. The van der Waals surface area contributed by atoms with Crippen molar-refractivity contribution in [3.63, 3.8) is 0 Å². The Labute approximate surface area is 99.6 Å². The van der Waals surface area contributed by atoms with Crippen molar-refractivity contribution in [1.29, 1.82) is 5.26 Å². The van der Waals surface area contributed by atoms with Crippen LogP contribution < -0.4 is 5.32 Å². The third-order valence-electron chi connectivity index (χ3n) is 2.02. The van der Waals surface area contributed by atoms with Crippen molar-refractivity contribution in [1.82, 2.24) is 5.32 Å². The molecule has 1 amide bonds. The maximum Gasteiger partial charge on any atom is 0.251 e. The van der Waals surface area contributed by atoms with Crippen molar-refractivity contribution < 1.29 is 14.6 Å². The van der Waals surface area contributed by atoms with E-state index in [2.05, 4.69) is 5.32 Å². The molecule has 5 nitrogen and oxygen atoms in total. The van der Waals surface area contributed by atoms with Gasteiger partial charge < -0.3 is 15.2 Å². The van der Waals surface area contributed by atoms with E-state index in [1.807, 2.05) is 6.07 Å². The zero-order chi connectivity index (χ0) is 12.5. The largest absolute Gasteiger partial charge is 0.394 e. The minimum atomic E-state index is -0.241. The Morgan fingerprint density at radius 2 is 2.29 bits per heavy atom. The maximum absolute atomic E-state index is 11.6. The lowest BCUT2D eigenvalue weighted by atomic mass is 10.1. The summed E-state index contributed by atoms with van der Waals surface area (Å²) in [6, 6.07) is 8.45. The monoisotopic (exact) mass is 234 g/mol. The molecule has 0 radical (unpaired) electrons. The molecule has 2 N–H and O–H groups in total. The maximum atomic E-state index is 11.6. The third kappa shape index (κ3) is 4.64. The van der Waals surface area contributed by atoms with E-state index in [0.29, 0.717) is 24.3 Å². The van der Waals surface area contributed by atoms with Crippen molar-refractivity contribution in [2.24, 2.45) is 0 Å². The summed E-state index contributed by atoms with van der Waals surface area (Å²) in [4.78, 5) is 11.6. The van der Waals surface area contributed by atoms with Crippen LogP contribution in [0.2, 0.25) is 0 Å². The average molecular weight is 234 g/mol. The van der Waals surface area contributed by atoms with Crippen LogP contribution in [0.4, 0.5) is 0 Å². The van der Waals surface area contributed by atoms with Crippen LogP contribution in [-0.2, 0) is 4.74 Å². The van der Waals surface area contributed by atoms with Gasteiger partial charge in [-0.25, -0.2) is 0 Å². The van der Waals surface area contributed by atoms with E-state index in [9.17, 15) is 4.79 Å². The molecule has 0 saturated heterocycles. The second-order valence-corrected chi connectivity index (χ2v) is 3.28. The van der Waals surface area contributed by atoms with Crippen LogP contribution >= 0.6 is 0 Å². The van der Waals surface area contributed by atoms with Gasteiger partial charge in [0, 0.05) is 12.1 Å². The SMILES string of the molecule is N#Cc1cccc(C(=O)NCCOCCO)c1. The van der Waals surface area contributed by atoms with Gasteiger partial charge in [0.15, 0.2) is 0 Å². The molecule has 0 aliphatic heterocycles. The van der Waals surface area contributed by atoms with Crippen LogP contribution in [0.1, 0.15) is 15.9 Å². The van der Waals surface area contributed by atoms with Crippen molar-refractivity contribution in [3.05, 3.63) is 35.4 Å². The van der Waals surface area contributed by atoms with Gasteiger partial charge in [0.2, 0.25) is 0 Å². The van der Waals surface area contributed by atoms with Gasteiger partial charge >= 0.3 is 0 Å². The Morgan fingerprint density at radius 3 is 3.00 bits per heavy atom. The molecular weight excluding hydrogens is 220 g/mol. The lowest BCUT2D eigenvalue weighted by Crippen LogP contribution is -2.27. The highest BCUT2D eigenvalue weighted by molar-refractivity contribution is 5.94. The lowest BCUT2D eigenvalue weighted by molar-refractivity contribution is 0.0838.